The molecule has 11 heteroatoms. The van der Waals surface area contributed by atoms with Crippen LogP contribution in [-0.2, 0) is 19.2 Å². The summed E-state index contributed by atoms with van der Waals surface area (Å²) in [5, 5.41) is 34.5. The number of primary amides is 1. The standard InChI is InChI=1S/C28H25ClN2O8/c1-31(2)21-20-23(34)17-13(10-11-6-3-4-8-14(11)29)12-7-5-9-15(32)16(12)22(33)18(17)25(36)28(20,39)26(37)19(24(21)35)27(30)38/h3-10,17-21,23,32,34,39H,1-2H3,(H2,30,38)/b13-10+/t17-,18?,19?,20-,21+,23+,28+/m1/s1. The van der Waals surface area contributed by atoms with Crippen LogP contribution in [0.3, 0.4) is 0 Å². The van der Waals surface area contributed by atoms with E-state index in [1.807, 2.05) is 0 Å². The summed E-state index contributed by atoms with van der Waals surface area (Å²) in [5.74, 6) is -13.4. The molecule has 0 aliphatic heterocycles. The number of amides is 1. The molecule has 39 heavy (non-hydrogen) atoms. The number of fused-ring (bicyclic) bond motifs is 3. The number of likely N-dealkylation sites (N-methyl/N-ethyl adjacent to an activating group) is 1. The lowest BCUT2D eigenvalue weighted by Crippen LogP contribution is -2.77. The third kappa shape index (κ3) is 3.63. The lowest BCUT2D eigenvalue weighted by molar-refractivity contribution is -0.192. The molecule has 0 heterocycles. The minimum absolute atomic E-state index is 0.225. The molecule has 2 fully saturated rings. The van der Waals surface area contributed by atoms with Gasteiger partial charge in [0.25, 0.3) is 0 Å². The number of carbonyl (C=O) groups is 5. The highest BCUT2D eigenvalue weighted by atomic mass is 35.5. The van der Waals surface area contributed by atoms with Crippen LogP contribution in [0.25, 0.3) is 11.6 Å². The van der Waals surface area contributed by atoms with Crippen molar-refractivity contribution in [2.24, 2.45) is 29.4 Å². The van der Waals surface area contributed by atoms with Gasteiger partial charge in [-0.2, -0.15) is 0 Å². The molecule has 0 spiro atoms. The lowest BCUT2D eigenvalue weighted by atomic mass is 9.50. The maximum absolute atomic E-state index is 14.1. The van der Waals surface area contributed by atoms with E-state index < -0.39 is 76.2 Å². The SMILES string of the molecule is CN(C)[C@@H]1C(=O)C(C(N)=O)C(=O)[C@@]2(O)C(=O)C3C(=O)c4c(O)cccc4/C(=C\c4ccccc4Cl)[C@H]3[C@H](O)[C@@H]12. The molecule has 10 nitrogen and oxygen atoms in total. The maximum atomic E-state index is 14.1. The zero-order valence-corrected chi connectivity index (χ0v) is 21.6. The molecule has 0 aromatic heterocycles. The average Bonchev–Trinajstić information content (AvgIpc) is 2.86. The number of halogens is 1. The lowest BCUT2D eigenvalue weighted by Gasteiger charge is -2.55. The van der Waals surface area contributed by atoms with E-state index in [0.29, 0.717) is 10.6 Å². The number of rotatable bonds is 3. The second-order valence-electron chi connectivity index (χ2n) is 10.3. The molecule has 2 saturated carbocycles. The first-order valence-electron chi connectivity index (χ1n) is 12.1. The first kappa shape index (κ1) is 26.9. The number of nitrogens with two attached hydrogens (primary N) is 1. The molecule has 2 unspecified atom stereocenters. The van der Waals surface area contributed by atoms with Crippen molar-refractivity contribution in [3.05, 3.63) is 64.2 Å². The highest BCUT2D eigenvalue weighted by Crippen LogP contribution is 2.54. The fraction of sp³-hybridized carbons (Fsp3) is 0.321. The normalized spacial score (nSPS) is 33.1. The van der Waals surface area contributed by atoms with Crippen LogP contribution >= 0.6 is 11.6 Å². The molecule has 0 saturated heterocycles. The molecule has 5 N–H and O–H groups in total. The number of Topliss-reactive ketones (excluding diaryl/α,β-unsaturated/α-hetero) is 4. The highest BCUT2D eigenvalue weighted by Gasteiger charge is 2.72. The monoisotopic (exact) mass is 552 g/mol. The van der Waals surface area contributed by atoms with Gasteiger partial charge in [-0.05, 0) is 49.0 Å². The van der Waals surface area contributed by atoms with E-state index in [1.54, 1.807) is 30.3 Å². The quantitative estimate of drug-likeness (QED) is 0.395. The van der Waals surface area contributed by atoms with Gasteiger partial charge in [0.05, 0.1) is 29.5 Å². The van der Waals surface area contributed by atoms with Crippen molar-refractivity contribution in [3.63, 3.8) is 0 Å². The van der Waals surface area contributed by atoms with Crippen LogP contribution in [0.5, 0.6) is 5.75 Å². The molecule has 2 aromatic carbocycles. The van der Waals surface area contributed by atoms with Gasteiger partial charge in [-0.15, -0.1) is 0 Å². The van der Waals surface area contributed by atoms with Crippen molar-refractivity contribution in [2.75, 3.05) is 14.1 Å². The minimum atomic E-state index is -3.07. The van der Waals surface area contributed by atoms with Crippen LogP contribution in [0.2, 0.25) is 5.02 Å². The van der Waals surface area contributed by atoms with E-state index in [2.05, 4.69) is 0 Å². The van der Waals surface area contributed by atoms with Crippen molar-refractivity contribution in [3.8, 4) is 5.75 Å². The summed E-state index contributed by atoms with van der Waals surface area (Å²) in [6, 6.07) is 9.51. The van der Waals surface area contributed by atoms with Gasteiger partial charge in [0.2, 0.25) is 5.91 Å². The zero-order valence-electron chi connectivity index (χ0n) is 20.9. The topological polar surface area (TPSA) is 175 Å². The Hall–Kier alpha value is -3.70. The first-order valence-corrected chi connectivity index (χ1v) is 12.5. The number of phenolic OH excluding ortho intramolecular Hbond substituents is 1. The Balaban J connectivity index is 1.81. The third-order valence-electron chi connectivity index (χ3n) is 8.09. The van der Waals surface area contributed by atoms with Crippen molar-refractivity contribution in [1.82, 2.24) is 4.90 Å². The predicted molar refractivity (Wildman–Crippen MR) is 138 cm³/mol. The Morgan fingerprint density at radius 2 is 1.72 bits per heavy atom. The number of carbonyl (C=O) groups excluding carboxylic acids is 5. The molecule has 3 aliphatic carbocycles. The average molecular weight is 553 g/mol. The van der Waals surface area contributed by atoms with Gasteiger partial charge in [0.1, 0.15) is 5.75 Å². The first-order chi connectivity index (χ1) is 18.3. The number of aliphatic hydroxyl groups excluding tert-OH is 1. The fourth-order valence-electron chi connectivity index (χ4n) is 6.43. The maximum Gasteiger partial charge on any atom is 0.235 e. The summed E-state index contributed by atoms with van der Waals surface area (Å²) in [4.78, 5) is 68.1. The van der Waals surface area contributed by atoms with Crippen LogP contribution in [0.15, 0.2) is 42.5 Å². The van der Waals surface area contributed by atoms with Gasteiger partial charge >= 0.3 is 0 Å². The van der Waals surface area contributed by atoms with Crippen molar-refractivity contribution in [1.29, 1.82) is 0 Å². The molecule has 2 aromatic rings. The van der Waals surface area contributed by atoms with Gasteiger partial charge in [-0.25, -0.2) is 0 Å². The number of hydrogen-bond acceptors (Lipinski definition) is 9. The second-order valence-corrected chi connectivity index (χ2v) is 10.8. The van der Waals surface area contributed by atoms with E-state index >= 15 is 0 Å². The van der Waals surface area contributed by atoms with Gasteiger partial charge < -0.3 is 21.1 Å². The third-order valence-corrected chi connectivity index (χ3v) is 8.43. The van der Waals surface area contributed by atoms with E-state index in [9.17, 15) is 39.3 Å². The van der Waals surface area contributed by atoms with Crippen molar-refractivity contribution in [2.45, 2.75) is 17.7 Å². The van der Waals surface area contributed by atoms with Gasteiger partial charge in [0.15, 0.2) is 34.7 Å². The minimum Gasteiger partial charge on any atom is -0.507 e. The number of nitrogens with zero attached hydrogens (tertiary/aromatic N) is 1. The smallest absolute Gasteiger partial charge is 0.235 e. The summed E-state index contributed by atoms with van der Waals surface area (Å²) in [7, 11) is 2.86. The van der Waals surface area contributed by atoms with E-state index in [0.717, 1.165) is 0 Å². The molecule has 202 valence electrons. The number of ketones is 4. The van der Waals surface area contributed by atoms with Gasteiger partial charge in [-0.3, -0.25) is 28.9 Å². The molecule has 0 bridgehead atoms. The van der Waals surface area contributed by atoms with Crippen LogP contribution in [0, 0.1) is 23.7 Å². The summed E-state index contributed by atoms with van der Waals surface area (Å²) in [5.41, 5.74) is 2.98. The van der Waals surface area contributed by atoms with Gasteiger partial charge in [-0.1, -0.05) is 41.9 Å². The Morgan fingerprint density at radius 1 is 1.05 bits per heavy atom. The van der Waals surface area contributed by atoms with Crippen molar-refractivity contribution < 1.29 is 39.3 Å². The molecular formula is C28H25ClN2O8. The second kappa shape index (κ2) is 9.20. The van der Waals surface area contributed by atoms with Crippen molar-refractivity contribution >= 4 is 52.3 Å². The summed E-state index contributed by atoms with van der Waals surface area (Å²) >= 11 is 6.38. The predicted octanol–water partition coefficient (Wildman–Crippen LogP) is 0.489. The number of aliphatic hydroxyl groups is 2. The molecular weight excluding hydrogens is 528 g/mol. The molecule has 0 radical (unpaired) electrons. The Kier molecular flexibility index (Phi) is 6.34. The Bertz CT molecular complexity index is 1500. The number of aromatic hydroxyl groups is 1. The van der Waals surface area contributed by atoms with Gasteiger partial charge in [0, 0.05) is 10.9 Å². The van der Waals surface area contributed by atoms with Crippen LogP contribution < -0.4 is 5.73 Å². The van der Waals surface area contributed by atoms with Crippen LogP contribution in [0.1, 0.15) is 21.5 Å². The fourth-order valence-corrected chi connectivity index (χ4v) is 6.62. The highest BCUT2D eigenvalue weighted by molar-refractivity contribution is 6.34. The molecule has 5 rings (SSSR count). The van der Waals surface area contributed by atoms with Crippen LogP contribution in [-0.4, -0.2) is 81.1 Å². The summed E-state index contributed by atoms with van der Waals surface area (Å²) in [6.45, 7) is 0. The van der Waals surface area contributed by atoms with E-state index in [-0.39, 0.29) is 16.7 Å². The Morgan fingerprint density at radius 3 is 2.33 bits per heavy atom. The number of phenols is 1. The van der Waals surface area contributed by atoms with Crippen LogP contribution in [0.4, 0.5) is 0 Å². The Labute approximate surface area is 227 Å². The summed E-state index contributed by atoms with van der Waals surface area (Å²) < 4.78 is 0. The largest absolute Gasteiger partial charge is 0.507 e. The molecule has 3 aliphatic rings. The van der Waals surface area contributed by atoms with E-state index in [4.69, 9.17) is 17.3 Å². The molecule has 7 atom stereocenters. The molecule has 1 amide bonds. The summed E-state index contributed by atoms with van der Waals surface area (Å²) in [6.07, 6.45) is -0.227. The number of hydrogen-bond donors (Lipinski definition) is 4. The number of benzene rings is 2. The van der Waals surface area contributed by atoms with E-state index in [1.165, 1.54) is 37.2 Å². The zero-order chi connectivity index (χ0) is 28.5.